The first-order valence-electron chi connectivity index (χ1n) is 7.10. The summed E-state index contributed by atoms with van der Waals surface area (Å²) in [6, 6.07) is 15.0. The van der Waals surface area contributed by atoms with E-state index in [0.717, 1.165) is 11.1 Å². The lowest BCUT2D eigenvalue weighted by Gasteiger charge is -2.14. The SMILES string of the molecule is C=Cc1ccc(OCC(O)COc2ccc(C=C)cc2)cc1. The molecule has 0 heterocycles. The summed E-state index contributed by atoms with van der Waals surface area (Å²) in [5, 5.41) is 9.89. The number of aliphatic hydroxyl groups is 1. The van der Waals surface area contributed by atoms with Gasteiger partial charge < -0.3 is 14.6 Å². The van der Waals surface area contributed by atoms with Gasteiger partial charge in [0, 0.05) is 0 Å². The van der Waals surface area contributed by atoms with Crippen molar-refractivity contribution in [1.29, 1.82) is 0 Å². The van der Waals surface area contributed by atoms with Crippen LogP contribution in [0.1, 0.15) is 11.1 Å². The van der Waals surface area contributed by atoms with Crippen molar-refractivity contribution in [3.8, 4) is 11.5 Å². The Morgan fingerprint density at radius 2 is 1.14 bits per heavy atom. The molecule has 0 spiro atoms. The van der Waals surface area contributed by atoms with E-state index >= 15 is 0 Å². The molecule has 0 aliphatic carbocycles. The molecule has 0 aromatic heterocycles. The highest BCUT2D eigenvalue weighted by Crippen LogP contribution is 2.14. The van der Waals surface area contributed by atoms with Gasteiger partial charge in [0.05, 0.1) is 0 Å². The van der Waals surface area contributed by atoms with E-state index in [9.17, 15) is 5.11 Å². The summed E-state index contributed by atoms with van der Waals surface area (Å²) in [7, 11) is 0. The van der Waals surface area contributed by atoms with Crippen molar-refractivity contribution in [1.82, 2.24) is 0 Å². The second-order valence-electron chi connectivity index (χ2n) is 4.82. The van der Waals surface area contributed by atoms with Gasteiger partial charge in [-0.1, -0.05) is 49.6 Å². The van der Waals surface area contributed by atoms with E-state index in [0.29, 0.717) is 11.5 Å². The summed E-state index contributed by atoms with van der Waals surface area (Å²) in [5.41, 5.74) is 2.05. The fourth-order valence-corrected chi connectivity index (χ4v) is 1.83. The molecule has 0 aliphatic heterocycles. The normalized spacial score (nSPS) is 10.3. The predicted molar refractivity (Wildman–Crippen MR) is 90.1 cm³/mol. The second kappa shape index (κ2) is 8.05. The van der Waals surface area contributed by atoms with Gasteiger partial charge in [0.2, 0.25) is 0 Å². The van der Waals surface area contributed by atoms with Crippen molar-refractivity contribution >= 4 is 12.2 Å². The standard InChI is InChI=1S/C19H20O3/c1-3-15-5-9-18(10-6-15)21-13-17(20)14-22-19-11-7-16(4-2)8-12-19/h3-12,17,20H,1-2,13-14H2. The first-order valence-corrected chi connectivity index (χ1v) is 7.10. The van der Waals surface area contributed by atoms with Crippen LogP contribution in [0.3, 0.4) is 0 Å². The van der Waals surface area contributed by atoms with Crippen molar-refractivity contribution in [2.24, 2.45) is 0 Å². The Hall–Kier alpha value is -2.52. The van der Waals surface area contributed by atoms with Crippen LogP contribution in [-0.2, 0) is 0 Å². The molecule has 114 valence electrons. The van der Waals surface area contributed by atoms with E-state index in [-0.39, 0.29) is 13.2 Å². The quantitative estimate of drug-likeness (QED) is 0.805. The molecular formula is C19H20O3. The van der Waals surface area contributed by atoms with Gasteiger partial charge in [0.15, 0.2) is 0 Å². The Labute approximate surface area is 131 Å². The smallest absolute Gasteiger partial charge is 0.122 e. The summed E-state index contributed by atoms with van der Waals surface area (Å²) in [4.78, 5) is 0. The fourth-order valence-electron chi connectivity index (χ4n) is 1.83. The molecule has 22 heavy (non-hydrogen) atoms. The van der Waals surface area contributed by atoms with Gasteiger partial charge in [-0.25, -0.2) is 0 Å². The second-order valence-corrected chi connectivity index (χ2v) is 4.82. The van der Waals surface area contributed by atoms with Gasteiger partial charge in [-0.2, -0.15) is 0 Å². The Balaban J connectivity index is 1.75. The van der Waals surface area contributed by atoms with Crippen molar-refractivity contribution in [2.45, 2.75) is 6.10 Å². The van der Waals surface area contributed by atoms with E-state index in [1.165, 1.54) is 0 Å². The van der Waals surface area contributed by atoms with Gasteiger partial charge in [-0.3, -0.25) is 0 Å². The van der Waals surface area contributed by atoms with E-state index in [1.807, 2.05) is 48.5 Å². The maximum atomic E-state index is 9.89. The van der Waals surface area contributed by atoms with Gasteiger partial charge in [0.1, 0.15) is 30.8 Å². The first kappa shape index (κ1) is 15.9. The molecular weight excluding hydrogens is 276 g/mol. The zero-order valence-corrected chi connectivity index (χ0v) is 12.4. The van der Waals surface area contributed by atoms with Crippen molar-refractivity contribution < 1.29 is 14.6 Å². The molecule has 1 N–H and O–H groups in total. The Bertz CT molecular complexity index is 544. The lowest BCUT2D eigenvalue weighted by molar-refractivity contribution is 0.0626. The number of hydrogen-bond donors (Lipinski definition) is 1. The maximum absolute atomic E-state index is 9.89. The lowest BCUT2D eigenvalue weighted by Crippen LogP contribution is -2.25. The molecule has 0 saturated heterocycles. The Morgan fingerprint density at radius 1 is 0.773 bits per heavy atom. The van der Waals surface area contributed by atoms with Crippen molar-refractivity contribution in [3.05, 3.63) is 72.8 Å². The number of rotatable bonds is 8. The third kappa shape index (κ3) is 4.79. The minimum atomic E-state index is -0.696. The summed E-state index contributed by atoms with van der Waals surface area (Å²) in [6.07, 6.45) is 2.84. The summed E-state index contributed by atoms with van der Waals surface area (Å²) in [6.45, 7) is 7.75. The Morgan fingerprint density at radius 3 is 1.45 bits per heavy atom. The highest BCUT2D eigenvalue weighted by molar-refractivity contribution is 5.48. The zero-order chi connectivity index (χ0) is 15.8. The van der Waals surface area contributed by atoms with Gasteiger partial charge >= 0.3 is 0 Å². The van der Waals surface area contributed by atoms with Crippen LogP contribution < -0.4 is 9.47 Å². The zero-order valence-electron chi connectivity index (χ0n) is 12.4. The minimum Gasteiger partial charge on any atom is -0.491 e. The topological polar surface area (TPSA) is 38.7 Å². The molecule has 0 amide bonds. The van der Waals surface area contributed by atoms with E-state index in [4.69, 9.17) is 9.47 Å². The van der Waals surface area contributed by atoms with E-state index in [2.05, 4.69) is 13.2 Å². The third-order valence-electron chi connectivity index (χ3n) is 3.12. The average Bonchev–Trinajstić information content (AvgIpc) is 2.59. The van der Waals surface area contributed by atoms with Crippen LogP contribution in [0, 0.1) is 0 Å². The van der Waals surface area contributed by atoms with Crippen LogP contribution in [0.25, 0.3) is 12.2 Å². The third-order valence-corrected chi connectivity index (χ3v) is 3.12. The number of benzene rings is 2. The van der Waals surface area contributed by atoms with Crippen LogP contribution in [-0.4, -0.2) is 24.4 Å². The number of ether oxygens (including phenoxy) is 2. The molecule has 0 saturated carbocycles. The minimum absolute atomic E-state index is 0.179. The molecule has 0 unspecified atom stereocenters. The largest absolute Gasteiger partial charge is 0.491 e. The summed E-state index contributed by atoms with van der Waals surface area (Å²) < 4.78 is 11.0. The van der Waals surface area contributed by atoms with Crippen LogP contribution in [0.5, 0.6) is 11.5 Å². The van der Waals surface area contributed by atoms with Crippen molar-refractivity contribution in [3.63, 3.8) is 0 Å². The first-order chi connectivity index (χ1) is 10.7. The lowest BCUT2D eigenvalue weighted by atomic mass is 10.2. The molecule has 2 aromatic carbocycles. The highest BCUT2D eigenvalue weighted by atomic mass is 16.5. The van der Waals surface area contributed by atoms with E-state index in [1.54, 1.807) is 12.2 Å². The molecule has 0 aliphatic rings. The molecule has 2 rings (SSSR count). The Kier molecular flexibility index (Phi) is 5.81. The molecule has 0 atom stereocenters. The maximum Gasteiger partial charge on any atom is 0.122 e. The fraction of sp³-hybridized carbons (Fsp3) is 0.158. The molecule has 0 fully saturated rings. The van der Waals surface area contributed by atoms with Crippen molar-refractivity contribution in [2.75, 3.05) is 13.2 Å². The van der Waals surface area contributed by atoms with Crippen LogP contribution >= 0.6 is 0 Å². The van der Waals surface area contributed by atoms with Crippen LogP contribution in [0.2, 0.25) is 0 Å². The van der Waals surface area contributed by atoms with Gasteiger partial charge in [-0.05, 0) is 35.4 Å². The molecule has 2 aromatic rings. The van der Waals surface area contributed by atoms with Gasteiger partial charge in [-0.15, -0.1) is 0 Å². The monoisotopic (exact) mass is 296 g/mol. The highest BCUT2D eigenvalue weighted by Gasteiger charge is 2.06. The summed E-state index contributed by atoms with van der Waals surface area (Å²) in [5.74, 6) is 1.42. The molecule has 0 bridgehead atoms. The molecule has 0 radical (unpaired) electrons. The summed E-state index contributed by atoms with van der Waals surface area (Å²) >= 11 is 0. The number of aliphatic hydroxyl groups excluding tert-OH is 1. The van der Waals surface area contributed by atoms with Crippen LogP contribution in [0.15, 0.2) is 61.7 Å². The van der Waals surface area contributed by atoms with Crippen LogP contribution in [0.4, 0.5) is 0 Å². The van der Waals surface area contributed by atoms with E-state index < -0.39 is 6.10 Å². The van der Waals surface area contributed by atoms with Gasteiger partial charge in [0.25, 0.3) is 0 Å². The number of hydrogen-bond acceptors (Lipinski definition) is 3. The predicted octanol–water partition coefficient (Wildman–Crippen LogP) is 3.79. The molecule has 3 heteroatoms. The average molecular weight is 296 g/mol. The molecule has 3 nitrogen and oxygen atoms in total.